The lowest BCUT2D eigenvalue weighted by Crippen LogP contribution is -2.27. The van der Waals surface area contributed by atoms with E-state index in [1.54, 1.807) is 22.3 Å². The molecule has 0 N–H and O–H groups in total. The molecule has 0 saturated carbocycles. The summed E-state index contributed by atoms with van der Waals surface area (Å²) >= 11 is 0. The van der Waals surface area contributed by atoms with E-state index in [-0.39, 0.29) is 0 Å². The molecule has 2 rings (SSSR count). The van der Waals surface area contributed by atoms with Crippen molar-refractivity contribution in [2.75, 3.05) is 19.6 Å². The van der Waals surface area contributed by atoms with Crippen molar-refractivity contribution in [1.82, 2.24) is 4.90 Å². The Morgan fingerprint density at radius 3 is 1.41 bits per heavy atom. The quantitative estimate of drug-likeness (QED) is 0.0875. The molecule has 0 aliphatic heterocycles. The third-order valence-electron chi connectivity index (χ3n) is 11.0. The number of unbranched alkanes of at least 4 members (excludes halogenated alkanes) is 1. The van der Waals surface area contributed by atoms with Gasteiger partial charge < -0.3 is 4.90 Å². The van der Waals surface area contributed by atoms with Crippen LogP contribution in [0.3, 0.4) is 0 Å². The summed E-state index contributed by atoms with van der Waals surface area (Å²) in [4.78, 5) is 2.74. The van der Waals surface area contributed by atoms with Crippen molar-refractivity contribution in [1.29, 1.82) is 0 Å². The van der Waals surface area contributed by atoms with Gasteiger partial charge in [0, 0.05) is 0 Å². The molecule has 49 heavy (non-hydrogen) atoms. The van der Waals surface area contributed by atoms with Crippen molar-refractivity contribution in [2.45, 2.75) is 177 Å². The van der Waals surface area contributed by atoms with Gasteiger partial charge in [0.05, 0.1) is 0 Å². The third kappa shape index (κ3) is 20.4. The van der Waals surface area contributed by atoms with E-state index in [0.29, 0.717) is 11.8 Å². The van der Waals surface area contributed by atoms with Crippen molar-refractivity contribution in [3.63, 3.8) is 0 Å². The van der Waals surface area contributed by atoms with Gasteiger partial charge in [-0.05, 0) is 195 Å². The Balaban J connectivity index is 1.65. The van der Waals surface area contributed by atoms with Crippen LogP contribution in [-0.2, 0) is 0 Å². The Morgan fingerprint density at radius 2 is 1.04 bits per heavy atom. The summed E-state index contributed by atoms with van der Waals surface area (Å²) in [5.74, 6) is 1.39. The SMILES string of the molecule is C=C(CCCN(CCCC)CCCC(=C)C1CC=C(CC/C=C(\C)CCC=C(C)C)CC1)C1CC=C(CC/C=C(\C)CCC=C(C)C)CC1. The van der Waals surface area contributed by atoms with Gasteiger partial charge in [-0.25, -0.2) is 0 Å². The topological polar surface area (TPSA) is 3.24 Å². The predicted molar refractivity (Wildman–Crippen MR) is 222 cm³/mol. The van der Waals surface area contributed by atoms with Gasteiger partial charge in [0.2, 0.25) is 0 Å². The molecule has 0 saturated heterocycles. The molecule has 0 aromatic carbocycles. The minimum Gasteiger partial charge on any atom is -0.303 e. The van der Waals surface area contributed by atoms with Crippen molar-refractivity contribution in [3.05, 3.63) is 94.2 Å². The first-order valence-corrected chi connectivity index (χ1v) is 20.6. The first-order chi connectivity index (χ1) is 23.6. The second-order valence-corrected chi connectivity index (χ2v) is 16.2. The smallest absolute Gasteiger partial charge is 0.00157 e. The van der Waals surface area contributed by atoms with Crippen molar-refractivity contribution < 1.29 is 0 Å². The maximum atomic E-state index is 4.59. The number of nitrogens with zero attached hydrogens (tertiary/aromatic N) is 1. The van der Waals surface area contributed by atoms with Gasteiger partial charge in [0.15, 0.2) is 0 Å². The molecule has 0 aromatic heterocycles. The van der Waals surface area contributed by atoms with Crippen LogP contribution in [0.2, 0.25) is 0 Å². The second-order valence-electron chi connectivity index (χ2n) is 16.2. The summed E-state index contributed by atoms with van der Waals surface area (Å²) in [7, 11) is 0. The molecule has 2 aliphatic rings. The maximum absolute atomic E-state index is 4.59. The Morgan fingerprint density at radius 1 is 0.612 bits per heavy atom. The molecule has 0 heterocycles. The highest BCUT2D eigenvalue weighted by Crippen LogP contribution is 2.34. The van der Waals surface area contributed by atoms with Gasteiger partial charge >= 0.3 is 0 Å². The number of rotatable bonds is 25. The van der Waals surface area contributed by atoms with Crippen molar-refractivity contribution in [3.8, 4) is 0 Å². The summed E-state index contributed by atoms with van der Waals surface area (Å²) in [5, 5.41) is 0. The molecule has 2 aliphatic carbocycles. The molecule has 0 fully saturated rings. The average molecular weight is 670 g/mol. The first kappa shape index (κ1) is 43.0. The highest BCUT2D eigenvalue weighted by Gasteiger charge is 2.19. The zero-order valence-electron chi connectivity index (χ0n) is 33.7. The van der Waals surface area contributed by atoms with Crippen LogP contribution in [0.25, 0.3) is 0 Å². The average Bonchev–Trinajstić information content (AvgIpc) is 3.07. The van der Waals surface area contributed by atoms with Crippen LogP contribution in [0.5, 0.6) is 0 Å². The van der Waals surface area contributed by atoms with Crippen LogP contribution in [-0.4, -0.2) is 24.5 Å². The highest BCUT2D eigenvalue weighted by molar-refractivity contribution is 5.16. The zero-order valence-corrected chi connectivity index (χ0v) is 33.7. The molecule has 2 unspecified atom stereocenters. The summed E-state index contributed by atoms with van der Waals surface area (Å²) in [5.41, 5.74) is 12.3. The lowest BCUT2D eigenvalue weighted by atomic mass is 9.82. The summed E-state index contributed by atoms with van der Waals surface area (Å²) in [6.45, 7) is 28.6. The van der Waals surface area contributed by atoms with E-state index in [1.807, 2.05) is 0 Å². The van der Waals surface area contributed by atoms with E-state index in [4.69, 9.17) is 0 Å². The number of allylic oxidation sites excluding steroid dienone is 14. The van der Waals surface area contributed by atoms with Crippen LogP contribution in [0.4, 0.5) is 0 Å². The minimum absolute atomic E-state index is 0.695. The summed E-state index contributed by atoms with van der Waals surface area (Å²) < 4.78 is 0. The third-order valence-corrected chi connectivity index (χ3v) is 11.0. The maximum Gasteiger partial charge on any atom is -0.00157 e. The Hall–Kier alpha value is -2.12. The fraction of sp³-hybridized carbons (Fsp3) is 0.667. The van der Waals surface area contributed by atoms with Crippen molar-refractivity contribution in [2.24, 2.45) is 11.8 Å². The van der Waals surface area contributed by atoms with Gasteiger partial charge in [-0.3, -0.25) is 0 Å². The minimum atomic E-state index is 0.695. The van der Waals surface area contributed by atoms with E-state index in [0.717, 1.165) is 0 Å². The number of hydrogen-bond donors (Lipinski definition) is 0. The van der Waals surface area contributed by atoms with Gasteiger partial charge in [0.25, 0.3) is 0 Å². The van der Waals surface area contributed by atoms with E-state index in [1.165, 1.54) is 170 Å². The van der Waals surface area contributed by atoms with Crippen LogP contribution in [0.1, 0.15) is 177 Å². The van der Waals surface area contributed by atoms with Gasteiger partial charge in [-0.1, -0.05) is 108 Å². The largest absolute Gasteiger partial charge is 0.303 e. The van der Waals surface area contributed by atoms with Crippen LogP contribution in [0.15, 0.2) is 94.2 Å². The fourth-order valence-corrected chi connectivity index (χ4v) is 7.55. The first-order valence-electron chi connectivity index (χ1n) is 20.6. The monoisotopic (exact) mass is 670 g/mol. The van der Waals surface area contributed by atoms with Crippen LogP contribution >= 0.6 is 0 Å². The van der Waals surface area contributed by atoms with Gasteiger partial charge in [-0.2, -0.15) is 0 Å². The molecule has 276 valence electrons. The molecular weight excluding hydrogens is 591 g/mol. The summed E-state index contributed by atoms with van der Waals surface area (Å²) in [6.07, 6.45) is 39.5. The van der Waals surface area contributed by atoms with Crippen LogP contribution in [0, 0.1) is 11.8 Å². The van der Waals surface area contributed by atoms with Gasteiger partial charge in [0.1, 0.15) is 0 Å². The Bertz CT molecular complexity index is 1070. The van der Waals surface area contributed by atoms with E-state index in [2.05, 4.69) is 103 Å². The lowest BCUT2D eigenvalue weighted by Gasteiger charge is -2.27. The molecule has 0 amide bonds. The Kier molecular flexibility index (Phi) is 22.6. The standard InChI is InChI=1S/C48H79N/c1-10-11-36-49(37-16-24-43(8)47-32-28-45(29-33-47)26-14-22-41(6)20-12-18-39(2)3)38-17-25-44(9)48-34-30-46(31-35-48)27-15-23-42(7)21-13-19-40(4)5/h18-19,22-23,28,30,47-48H,8-17,20-21,24-27,29,31-38H2,1-7H3/b41-22+,42-23+. The molecule has 2 atom stereocenters. The van der Waals surface area contributed by atoms with Crippen molar-refractivity contribution >= 4 is 0 Å². The molecule has 1 nitrogen and oxygen atoms in total. The molecule has 0 spiro atoms. The summed E-state index contributed by atoms with van der Waals surface area (Å²) in [6, 6.07) is 0. The molecular formula is C48H79N. The zero-order chi connectivity index (χ0) is 35.9. The molecule has 0 aromatic rings. The molecule has 0 radical (unpaired) electrons. The van der Waals surface area contributed by atoms with Crippen LogP contribution < -0.4 is 0 Å². The Labute approximate surface area is 306 Å². The fourth-order valence-electron chi connectivity index (χ4n) is 7.55. The normalized spacial score (nSPS) is 18.6. The second kappa shape index (κ2) is 25.8. The predicted octanol–water partition coefficient (Wildman–Crippen LogP) is 15.2. The van der Waals surface area contributed by atoms with Gasteiger partial charge in [-0.15, -0.1) is 0 Å². The van der Waals surface area contributed by atoms with E-state index >= 15 is 0 Å². The number of hydrogen-bond acceptors (Lipinski definition) is 1. The molecule has 0 bridgehead atoms. The molecule has 1 heteroatoms. The highest BCUT2D eigenvalue weighted by atomic mass is 15.1. The lowest BCUT2D eigenvalue weighted by molar-refractivity contribution is 0.260. The van der Waals surface area contributed by atoms with E-state index in [9.17, 15) is 0 Å². The van der Waals surface area contributed by atoms with E-state index < -0.39 is 0 Å².